The lowest BCUT2D eigenvalue weighted by Crippen LogP contribution is -2.29. The van der Waals surface area contributed by atoms with Gasteiger partial charge >= 0.3 is 0 Å². The summed E-state index contributed by atoms with van der Waals surface area (Å²) >= 11 is 0. The Morgan fingerprint density at radius 3 is 2.35 bits per heavy atom. The first-order valence-corrected chi connectivity index (χ1v) is 8.98. The molecule has 2 rings (SSSR count). The van der Waals surface area contributed by atoms with Crippen LogP contribution in [0.5, 0.6) is 0 Å². The number of hydrogen-bond donors (Lipinski definition) is 2. The average Bonchev–Trinajstić information content (AvgIpc) is 2.47. The third-order valence-corrected chi connectivity index (χ3v) is 5.65. The fourth-order valence-corrected chi connectivity index (χ4v) is 4.17. The second-order valence-corrected chi connectivity index (χ2v) is 7.35. The minimum Gasteiger partial charge on any atom is -0.313 e. The maximum absolute atomic E-state index is 12.3. The van der Waals surface area contributed by atoms with Crippen LogP contribution >= 0.6 is 0 Å². The molecule has 0 heterocycles. The SMILES string of the molecule is CCNCc1ccc(NS(=O)(=O)C2CCCCC2)cc1. The topological polar surface area (TPSA) is 58.2 Å². The number of hydrogen-bond acceptors (Lipinski definition) is 3. The molecule has 0 amide bonds. The van der Waals surface area contributed by atoms with Crippen LogP contribution in [0.4, 0.5) is 5.69 Å². The van der Waals surface area contributed by atoms with Crippen LogP contribution < -0.4 is 10.0 Å². The normalized spacial score (nSPS) is 17.1. The van der Waals surface area contributed by atoms with Gasteiger partial charge in [-0.05, 0) is 37.1 Å². The van der Waals surface area contributed by atoms with E-state index in [4.69, 9.17) is 0 Å². The number of nitrogens with one attached hydrogen (secondary N) is 2. The van der Waals surface area contributed by atoms with Gasteiger partial charge < -0.3 is 5.32 Å². The Bertz CT molecular complexity index is 505. The van der Waals surface area contributed by atoms with Crippen molar-refractivity contribution in [1.82, 2.24) is 5.32 Å². The van der Waals surface area contributed by atoms with Gasteiger partial charge in [0.15, 0.2) is 0 Å². The molecule has 0 radical (unpaired) electrons. The third-order valence-electron chi connectivity index (χ3n) is 3.78. The molecule has 4 nitrogen and oxygen atoms in total. The quantitative estimate of drug-likeness (QED) is 0.848. The second kappa shape index (κ2) is 7.09. The summed E-state index contributed by atoms with van der Waals surface area (Å²) in [5, 5.41) is 3.02. The number of anilines is 1. The van der Waals surface area contributed by atoms with Gasteiger partial charge in [-0.2, -0.15) is 0 Å². The van der Waals surface area contributed by atoms with E-state index in [-0.39, 0.29) is 5.25 Å². The van der Waals surface area contributed by atoms with Crippen LogP contribution in [0.15, 0.2) is 24.3 Å². The Balaban J connectivity index is 1.98. The van der Waals surface area contributed by atoms with Crippen molar-refractivity contribution < 1.29 is 8.42 Å². The van der Waals surface area contributed by atoms with E-state index in [1.54, 1.807) is 0 Å². The molecule has 20 heavy (non-hydrogen) atoms. The van der Waals surface area contributed by atoms with Crippen molar-refractivity contribution in [2.75, 3.05) is 11.3 Å². The number of benzene rings is 1. The van der Waals surface area contributed by atoms with Crippen molar-refractivity contribution in [3.63, 3.8) is 0 Å². The molecule has 0 bridgehead atoms. The smallest absolute Gasteiger partial charge is 0.235 e. The van der Waals surface area contributed by atoms with Gasteiger partial charge in [0.2, 0.25) is 10.0 Å². The fourth-order valence-electron chi connectivity index (χ4n) is 2.58. The lowest BCUT2D eigenvalue weighted by Gasteiger charge is -2.22. The highest BCUT2D eigenvalue weighted by Gasteiger charge is 2.26. The maximum Gasteiger partial charge on any atom is 0.235 e. The summed E-state index contributed by atoms with van der Waals surface area (Å²) in [7, 11) is -3.23. The Morgan fingerprint density at radius 1 is 1.10 bits per heavy atom. The Labute approximate surface area is 122 Å². The zero-order chi connectivity index (χ0) is 14.4. The molecular formula is C15H24N2O2S. The van der Waals surface area contributed by atoms with E-state index in [0.29, 0.717) is 5.69 Å². The number of rotatable bonds is 6. The molecule has 0 spiro atoms. The molecule has 0 aromatic heterocycles. The molecule has 1 aromatic carbocycles. The molecule has 0 unspecified atom stereocenters. The van der Waals surface area contributed by atoms with E-state index >= 15 is 0 Å². The molecule has 2 N–H and O–H groups in total. The van der Waals surface area contributed by atoms with E-state index < -0.39 is 10.0 Å². The molecule has 5 heteroatoms. The van der Waals surface area contributed by atoms with E-state index in [2.05, 4.69) is 17.0 Å². The fraction of sp³-hybridized carbons (Fsp3) is 0.600. The van der Waals surface area contributed by atoms with E-state index in [1.165, 1.54) is 0 Å². The van der Waals surface area contributed by atoms with Gasteiger partial charge in [0.1, 0.15) is 0 Å². The lowest BCUT2D eigenvalue weighted by atomic mass is 10.0. The highest BCUT2D eigenvalue weighted by molar-refractivity contribution is 7.93. The van der Waals surface area contributed by atoms with Crippen LogP contribution in [0, 0.1) is 0 Å². The van der Waals surface area contributed by atoms with Crippen molar-refractivity contribution in [3.05, 3.63) is 29.8 Å². The summed E-state index contributed by atoms with van der Waals surface area (Å²) < 4.78 is 27.3. The van der Waals surface area contributed by atoms with Gasteiger partial charge in [0, 0.05) is 12.2 Å². The van der Waals surface area contributed by atoms with E-state index in [9.17, 15) is 8.42 Å². The van der Waals surface area contributed by atoms with Crippen molar-refractivity contribution in [2.24, 2.45) is 0 Å². The van der Waals surface area contributed by atoms with E-state index in [1.807, 2.05) is 24.3 Å². The van der Waals surface area contributed by atoms with Crippen molar-refractivity contribution in [3.8, 4) is 0 Å². The maximum atomic E-state index is 12.3. The zero-order valence-electron chi connectivity index (χ0n) is 12.1. The van der Waals surface area contributed by atoms with Gasteiger partial charge in [-0.3, -0.25) is 4.72 Å². The lowest BCUT2D eigenvalue weighted by molar-refractivity contribution is 0.486. The third kappa shape index (κ3) is 4.21. The number of sulfonamides is 1. The van der Waals surface area contributed by atoms with Crippen molar-refractivity contribution >= 4 is 15.7 Å². The second-order valence-electron chi connectivity index (χ2n) is 5.38. The molecular weight excluding hydrogens is 272 g/mol. The standard InChI is InChI=1S/C15H24N2O2S/c1-2-16-12-13-8-10-14(11-9-13)17-20(18,19)15-6-4-3-5-7-15/h8-11,15-17H,2-7,12H2,1H3. The molecule has 0 aliphatic heterocycles. The Hall–Kier alpha value is -1.07. The molecule has 1 aliphatic carbocycles. The highest BCUT2D eigenvalue weighted by atomic mass is 32.2. The van der Waals surface area contributed by atoms with Gasteiger partial charge in [-0.1, -0.05) is 38.3 Å². The molecule has 0 saturated heterocycles. The molecule has 1 fully saturated rings. The van der Waals surface area contributed by atoms with Crippen LogP contribution in [-0.2, 0) is 16.6 Å². The summed E-state index contributed by atoms with van der Waals surface area (Å²) in [6.45, 7) is 3.80. The molecule has 0 atom stereocenters. The van der Waals surface area contributed by atoms with Crippen LogP contribution in [0.1, 0.15) is 44.6 Å². The van der Waals surface area contributed by atoms with Crippen LogP contribution in [0.3, 0.4) is 0 Å². The first kappa shape index (κ1) is 15.3. The zero-order valence-corrected chi connectivity index (χ0v) is 12.9. The molecule has 112 valence electrons. The van der Waals surface area contributed by atoms with Gasteiger partial charge in [0.05, 0.1) is 5.25 Å². The molecule has 1 aliphatic rings. The van der Waals surface area contributed by atoms with Crippen LogP contribution in [0.2, 0.25) is 0 Å². The van der Waals surface area contributed by atoms with Gasteiger partial charge in [0.25, 0.3) is 0 Å². The monoisotopic (exact) mass is 296 g/mol. The average molecular weight is 296 g/mol. The summed E-state index contributed by atoms with van der Waals surface area (Å²) in [6, 6.07) is 7.60. The van der Waals surface area contributed by atoms with Gasteiger partial charge in [-0.15, -0.1) is 0 Å². The van der Waals surface area contributed by atoms with Crippen molar-refractivity contribution in [1.29, 1.82) is 0 Å². The minimum atomic E-state index is -3.23. The Morgan fingerprint density at radius 2 is 1.75 bits per heavy atom. The summed E-state index contributed by atoms with van der Waals surface area (Å²) in [5.41, 5.74) is 1.82. The minimum absolute atomic E-state index is 0.224. The summed E-state index contributed by atoms with van der Waals surface area (Å²) in [5.74, 6) is 0. The van der Waals surface area contributed by atoms with Crippen LogP contribution in [0.25, 0.3) is 0 Å². The summed E-state index contributed by atoms with van der Waals surface area (Å²) in [6.07, 6.45) is 4.77. The Kier molecular flexibility index (Phi) is 5.43. The highest BCUT2D eigenvalue weighted by Crippen LogP contribution is 2.25. The van der Waals surface area contributed by atoms with E-state index in [0.717, 1.165) is 50.8 Å². The first-order valence-electron chi connectivity index (χ1n) is 7.43. The predicted molar refractivity (Wildman–Crippen MR) is 83.2 cm³/mol. The molecule has 1 saturated carbocycles. The largest absolute Gasteiger partial charge is 0.313 e. The molecule has 1 aromatic rings. The predicted octanol–water partition coefficient (Wildman–Crippen LogP) is 2.87. The van der Waals surface area contributed by atoms with Crippen LogP contribution in [-0.4, -0.2) is 20.2 Å². The van der Waals surface area contributed by atoms with Gasteiger partial charge in [-0.25, -0.2) is 8.42 Å². The summed E-state index contributed by atoms with van der Waals surface area (Å²) in [4.78, 5) is 0. The van der Waals surface area contributed by atoms with Crippen molar-refractivity contribution in [2.45, 2.75) is 50.8 Å². The first-order chi connectivity index (χ1) is 9.62.